The van der Waals surface area contributed by atoms with E-state index in [1.807, 2.05) is 38.1 Å². The Morgan fingerprint density at radius 3 is 2.71 bits per heavy atom. The van der Waals surface area contributed by atoms with Gasteiger partial charge in [0.1, 0.15) is 0 Å². The van der Waals surface area contributed by atoms with Gasteiger partial charge in [0.05, 0.1) is 33.8 Å². The number of aromatic nitrogens is 2. The summed E-state index contributed by atoms with van der Waals surface area (Å²) in [6, 6.07) is 12.6. The Kier molecular flexibility index (Phi) is 5.90. The minimum atomic E-state index is -3.07. The van der Waals surface area contributed by atoms with Crippen molar-refractivity contribution in [1.29, 1.82) is 0 Å². The third kappa shape index (κ3) is 4.67. The zero-order valence-corrected chi connectivity index (χ0v) is 18.9. The van der Waals surface area contributed by atoms with Crippen LogP contribution >= 0.6 is 11.8 Å². The van der Waals surface area contributed by atoms with Crippen LogP contribution in [0.3, 0.4) is 0 Å². The number of para-hydroxylation sites is 1. The number of hydrogen-bond acceptors (Lipinski definition) is 6. The van der Waals surface area contributed by atoms with E-state index in [0.29, 0.717) is 22.5 Å². The van der Waals surface area contributed by atoms with Crippen LogP contribution < -0.4 is 10.9 Å². The molecule has 0 radical (unpaired) electrons. The second-order valence-electron chi connectivity index (χ2n) is 7.80. The molecule has 1 N–H and O–H groups in total. The van der Waals surface area contributed by atoms with Crippen LogP contribution in [-0.4, -0.2) is 47.2 Å². The van der Waals surface area contributed by atoms with Gasteiger partial charge in [-0.3, -0.25) is 14.2 Å². The molecule has 2 heterocycles. The minimum absolute atomic E-state index is 0.0229. The van der Waals surface area contributed by atoms with Crippen LogP contribution in [0.25, 0.3) is 16.6 Å². The number of amides is 1. The van der Waals surface area contributed by atoms with E-state index in [4.69, 9.17) is 0 Å². The molecule has 0 spiro atoms. The third-order valence-electron chi connectivity index (χ3n) is 5.27. The molecule has 0 saturated carbocycles. The van der Waals surface area contributed by atoms with Crippen molar-refractivity contribution in [3.8, 4) is 5.69 Å². The number of carbonyl (C=O) groups is 1. The SMILES string of the molecule is Cc1ccc(-n2c(SCC(=O)N[C@H]3CCS(=O)(=O)C3)nc3ccccc3c2=O)c(C)c1. The van der Waals surface area contributed by atoms with Crippen molar-refractivity contribution in [3.05, 3.63) is 63.9 Å². The van der Waals surface area contributed by atoms with E-state index in [1.54, 1.807) is 22.8 Å². The smallest absolute Gasteiger partial charge is 0.266 e. The average molecular weight is 458 g/mol. The quantitative estimate of drug-likeness (QED) is 0.467. The van der Waals surface area contributed by atoms with Gasteiger partial charge in [-0.25, -0.2) is 13.4 Å². The molecular formula is C22H23N3O4S2. The highest BCUT2D eigenvalue weighted by atomic mass is 32.2. The average Bonchev–Trinajstić information content (AvgIpc) is 3.05. The van der Waals surface area contributed by atoms with Crippen LogP contribution in [0, 0.1) is 13.8 Å². The first-order valence-electron chi connectivity index (χ1n) is 9.95. The summed E-state index contributed by atoms with van der Waals surface area (Å²) < 4.78 is 24.8. The summed E-state index contributed by atoms with van der Waals surface area (Å²) in [7, 11) is -3.07. The number of thioether (sulfide) groups is 1. The predicted octanol–water partition coefficient (Wildman–Crippen LogP) is 2.40. The Morgan fingerprint density at radius 2 is 2.00 bits per heavy atom. The standard InChI is InChI=1S/C22H23N3O4S2/c1-14-7-8-19(15(2)11-14)25-21(27)17-5-3-4-6-18(17)24-22(25)30-12-20(26)23-16-9-10-31(28,29)13-16/h3-8,11,16H,9-10,12-13H2,1-2H3,(H,23,26)/t16-/m0/s1. The first kappa shape index (κ1) is 21.6. The van der Waals surface area contributed by atoms with Crippen molar-refractivity contribution in [2.75, 3.05) is 17.3 Å². The molecule has 162 valence electrons. The number of hydrogen-bond donors (Lipinski definition) is 1. The van der Waals surface area contributed by atoms with Gasteiger partial charge in [-0.15, -0.1) is 0 Å². The predicted molar refractivity (Wildman–Crippen MR) is 123 cm³/mol. The summed E-state index contributed by atoms with van der Waals surface area (Å²) >= 11 is 1.17. The van der Waals surface area contributed by atoms with Gasteiger partial charge in [0, 0.05) is 6.04 Å². The summed E-state index contributed by atoms with van der Waals surface area (Å²) in [5, 5.41) is 3.71. The molecule has 0 bridgehead atoms. The lowest BCUT2D eigenvalue weighted by Gasteiger charge is -2.16. The maximum atomic E-state index is 13.3. The molecule has 9 heteroatoms. The van der Waals surface area contributed by atoms with Gasteiger partial charge in [-0.2, -0.15) is 0 Å². The summed E-state index contributed by atoms with van der Waals surface area (Å²) in [5.41, 5.74) is 3.11. The Morgan fingerprint density at radius 1 is 1.23 bits per heavy atom. The third-order valence-corrected chi connectivity index (χ3v) is 7.97. The molecule has 1 aliphatic rings. The number of benzene rings is 2. The van der Waals surface area contributed by atoms with Crippen molar-refractivity contribution >= 4 is 38.4 Å². The number of fused-ring (bicyclic) bond motifs is 1. The molecule has 1 amide bonds. The van der Waals surface area contributed by atoms with Gasteiger partial charge >= 0.3 is 0 Å². The molecule has 1 aliphatic heterocycles. The van der Waals surface area contributed by atoms with Crippen LogP contribution in [0.5, 0.6) is 0 Å². The van der Waals surface area contributed by atoms with Crippen LogP contribution in [0.2, 0.25) is 0 Å². The Labute approximate surface area is 184 Å². The first-order chi connectivity index (χ1) is 14.7. The molecule has 1 aromatic heterocycles. The van der Waals surface area contributed by atoms with E-state index < -0.39 is 9.84 Å². The summed E-state index contributed by atoms with van der Waals surface area (Å²) in [4.78, 5) is 30.4. The number of carbonyl (C=O) groups excluding carboxylic acids is 1. The molecule has 4 rings (SSSR count). The number of rotatable bonds is 5. The van der Waals surface area contributed by atoms with Crippen molar-refractivity contribution in [2.24, 2.45) is 0 Å². The van der Waals surface area contributed by atoms with E-state index in [0.717, 1.165) is 16.8 Å². The largest absolute Gasteiger partial charge is 0.352 e. The lowest BCUT2D eigenvalue weighted by Crippen LogP contribution is -2.36. The van der Waals surface area contributed by atoms with Crippen LogP contribution in [0.1, 0.15) is 17.5 Å². The van der Waals surface area contributed by atoms with E-state index >= 15 is 0 Å². The zero-order chi connectivity index (χ0) is 22.2. The molecule has 7 nitrogen and oxygen atoms in total. The van der Waals surface area contributed by atoms with Gasteiger partial charge in [-0.1, -0.05) is 41.6 Å². The Hall–Kier alpha value is -2.65. The van der Waals surface area contributed by atoms with E-state index in [-0.39, 0.29) is 34.8 Å². The summed E-state index contributed by atoms with van der Waals surface area (Å²) in [5.74, 6) is -0.164. The molecule has 1 saturated heterocycles. The Balaban J connectivity index is 1.66. The normalized spacial score (nSPS) is 17.7. The number of aryl methyl sites for hydroxylation is 2. The molecule has 2 aromatic carbocycles. The molecule has 0 aliphatic carbocycles. The maximum Gasteiger partial charge on any atom is 0.266 e. The van der Waals surface area contributed by atoms with E-state index in [1.165, 1.54) is 11.8 Å². The number of nitrogens with zero attached hydrogens (tertiary/aromatic N) is 2. The fraction of sp³-hybridized carbons (Fsp3) is 0.318. The van der Waals surface area contributed by atoms with Crippen LogP contribution in [0.4, 0.5) is 0 Å². The van der Waals surface area contributed by atoms with Gasteiger partial charge in [0.15, 0.2) is 15.0 Å². The first-order valence-corrected chi connectivity index (χ1v) is 12.8. The van der Waals surface area contributed by atoms with Gasteiger partial charge in [0.25, 0.3) is 5.56 Å². The van der Waals surface area contributed by atoms with E-state index in [9.17, 15) is 18.0 Å². The summed E-state index contributed by atoms with van der Waals surface area (Å²) in [6.45, 7) is 3.92. The molecule has 3 aromatic rings. The highest BCUT2D eigenvalue weighted by molar-refractivity contribution is 7.99. The number of nitrogens with one attached hydrogen (secondary N) is 1. The Bertz CT molecular complexity index is 1330. The van der Waals surface area contributed by atoms with Crippen molar-refractivity contribution in [1.82, 2.24) is 14.9 Å². The number of sulfone groups is 1. The monoisotopic (exact) mass is 457 g/mol. The van der Waals surface area contributed by atoms with Crippen LogP contribution in [0.15, 0.2) is 52.4 Å². The lowest BCUT2D eigenvalue weighted by atomic mass is 10.1. The van der Waals surface area contributed by atoms with Gasteiger partial charge < -0.3 is 5.32 Å². The second kappa shape index (κ2) is 8.47. The molecule has 1 fully saturated rings. The minimum Gasteiger partial charge on any atom is -0.352 e. The fourth-order valence-corrected chi connectivity index (χ4v) is 6.28. The van der Waals surface area contributed by atoms with Gasteiger partial charge in [0.2, 0.25) is 5.91 Å². The molecule has 1 atom stereocenters. The van der Waals surface area contributed by atoms with E-state index in [2.05, 4.69) is 10.3 Å². The maximum absolute atomic E-state index is 13.3. The van der Waals surface area contributed by atoms with Crippen LogP contribution in [-0.2, 0) is 14.6 Å². The van der Waals surface area contributed by atoms with Crippen molar-refractivity contribution in [2.45, 2.75) is 31.5 Å². The van der Waals surface area contributed by atoms with Gasteiger partial charge in [-0.05, 0) is 44.0 Å². The molecule has 31 heavy (non-hydrogen) atoms. The highest BCUT2D eigenvalue weighted by Gasteiger charge is 2.29. The fourth-order valence-electron chi connectivity index (χ4n) is 3.79. The lowest BCUT2D eigenvalue weighted by molar-refractivity contribution is -0.119. The molecule has 0 unspecified atom stereocenters. The topological polar surface area (TPSA) is 98.1 Å². The van der Waals surface area contributed by atoms with Crippen molar-refractivity contribution in [3.63, 3.8) is 0 Å². The zero-order valence-electron chi connectivity index (χ0n) is 17.3. The second-order valence-corrected chi connectivity index (χ2v) is 11.0. The highest BCUT2D eigenvalue weighted by Crippen LogP contribution is 2.24. The molecular weight excluding hydrogens is 434 g/mol. The summed E-state index contributed by atoms with van der Waals surface area (Å²) in [6.07, 6.45) is 0.431. The van der Waals surface area contributed by atoms with Crippen molar-refractivity contribution < 1.29 is 13.2 Å².